The van der Waals surface area contributed by atoms with Crippen LogP contribution in [0.5, 0.6) is 5.75 Å². The number of Topliss-reactive ketones (excluding diaryl/α,β-unsaturated/α-hetero) is 1. The molecule has 1 atom stereocenters. The lowest BCUT2D eigenvalue weighted by Crippen LogP contribution is -1.96. The first-order chi connectivity index (χ1) is 12.4. The summed E-state index contributed by atoms with van der Waals surface area (Å²) in [7, 11) is 0. The lowest BCUT2D eigenvalue weighted by atomic mass is 9.98. The van der Waals surface area contributed by atoms with Crippen LogP contribution in [0.15, 0.2) is 42.6 Å². The number of carbonyl (C=O) groups excluding carboxylic acids is 1. The van der Waals surface area contributed by atoms with Crippen molar-refractivity contribution in [2.45, 2.75) is 26.7 Å². The summed E-state index contributed by atoms with van der Waals surface area (Å²) >= 11 is 2.17. The molecule has 4 nitrogen and oxygen atoms in total. The van der Waals surface area contributed by atoms with E-state index in [2.05, 4.69) is 39.8 Å². The van der Waals surface area contributed by atoms with Gasteiger partial charge in [-0.3, -0.25) is 9.78 Å². The summed E-state index contributed by atoms with van der Waals surface area (Å²) in [5, 5.41) is 14.2. The van der Waals surface area contributed by atoms with Gasteiger partial charge in [-0.05, 0) is 60.2 Å². The highest BCUT2D eigenvalue weighted by molar-refractivity contribution is 14.1. The second-order valence-electron chi connectivity index (χ2n) is 6.58. The van der Waals surface area contributed by atoms with Gasteiger partial charge in [0.2, 0.25) is 0 Å². The van der Waals surface area contributed by atoms with Crippen molar-refractivity contribution in [1.82, 2.24) is 4.98 Å². The number of benzene rings is 2. The normalized spacial score (nSPS) is 15.0. The van der Waals surface area contributed by atoms with Gasteiger partial charge in [-0.2, -0.15) is 0 Å². The number of anilines is 1. The summed E-state index contributed by atoms with van der Waals surface area (Å²) in [4.78, 5) is 15.2. The standard InChI is InChI=1S/C12H12N2O.C9H9IO/c1-7-6-14-9-5-10(15)12-8(11(7)9)3-2-4-13-12;1-6-3-4-9(10)8(5-6)7(2)11/h2-5,7,14-15H,6H2,1H3;3-5H,1-2H3. The number of carbonyl (C=O) groups is 1. The summed E-state index contributed by atoms with van der Waals surface area (Å²) in [6.07, 6.45) is 1.71. The van der Waals surface area contributed by atoms with E-state index >= 15 is 0 Å². The SMILES string of the molecule is CC(=O)c1cc(C)ccc1I.CC1CNc2cc(O)c3ncccc3c21. The molecule has 0 saturated carbocycles. The van der Waals surface area contributed by atoms with Crippen LogP contribution in [0.25, 0.3) is 10.9 Å². The summed E-state index contributed by atoms with van der Waals surface area (Å²) in [5.41, 5.74) is 4.98. The Morgan fingerprint density at radius 2 is 2.08 bits per heavy atom. The number of halogens is 1. The summed E-state index contributed by atoms with van der Waals surface area (Å²) in [5.74, 6) is 0.872. The Balaban J connectivity index is 0.000000160. The van der Waals surface area contributed by atoms with Crippen LogP contribution in [0.2, 0.25) is 0 Å². The van der Waals surface area contributed by atoms with Crippen LogP contribution >= 0.6 is 22.6 Å². The number of ketones is 1. The minimum atomic E-state index is 0.137. The van der Waals surface area contributed by atoms with E-state index in [4.69, 9.17) is 0 Å². The molecule has 2 aromatic carbocycles. The van der Waals surface area contributed by atoms with Gasteiger partial charge in [-0.1, -0.05) is 24.6 Å². The smallest absolute Gasteiger partial charge is 0.160 e. The molecule has 2 heterocycles. The Bertz CT molecular complexity index is 985. The molecular weight excluding hydrogens is 439 g/mol. The average Bonchev–Trinajstić information content (AvgIpc) is 2.98. The second kappa shape index (κ2) is 7.61. The molecule has 4 rings (SSSR count). The molecule has 1 aliphatic rings. The third-order valence-corrected chi connectivity index (χ3v) is 5.45. The molecule has 134 valence electrons. The van der Waals surface area contributed by atoms with Crippen LogP contribution in [0.4, 0.5) is 5.69 Å². The third kappa shape index (κ3) is 3.67. The van der Waals surface area contributed by atoms with E-state index in [1.165, 1.54) is 5.56 Å². The predicted octanol–water partition coefficient (Wildman–Crippen LogP) is 5.27. The van der Waals surface area contributed by atoms with E-state index in [9.17, 15) is 9.90 Å². The van der Waals surface area contributed by atoms with Crippen LogP contribution < -0.4 is 5.32 Å². The van der Waals surface area contributed by atoms with Crippen molar-refractivity contribution < 1.29 is 9.90 Å². The Hall–Kier alpha value is -2.15. The molecule has 0 amide bonds. The van der Waals surface area contributed by atoms with Crippen molar-refractivity contribution in [2.75, 3.05) is 11.9 Å². The lowest BCUT2D eigenvalue weighted by molar-refractivity contribution is 0.101. The van der Waals surface area contributed by atoms with E-state index < -0.39 is 0 Å². The number of pyridine rings is 1. The molecule has 1 aliphatic heterocycles. The molecule has 5 heteroatoms. The van der Waals surface area contributed by atoms with Gasteiger partial charge >= 0.3 is 0 Å². The topological polar surface area (TPSA) is 62.2 Å². The first-order valence-corrected chi connectivity index (χ1v) is 9.58. The first kappa shape index (κ1) is 18.6. The van der Waals surface area contributed by atoms with Crippen molar-refractivity contribution >= 4 is 45.0 Å². The van der Waals surface area contributed by atoms with Crippen LogP contribution in [0.3, 0.4) is 0 Å². The number of fused-ring (bicyclic) bond motifs is 3. The van der Waals surface area contributed by atoms with E-state index in [-0.39, 0.29) is 11.5 Å². The molecule has 0 spiro atoms. The van der Waals surface area contributed by atoms with Crippen LogP contribution in [0.1, 0.15) is 41.3 Å². The number of nitrogens with zero attached hydrogens (tertiary/aromatic N) is 1. The van der Waals surface area contributed by atoms with Gasteiger partial charge in [-0.15, -0.1) is 0 Å². The van der Waals surface area contributed by atoms with Crippen molar-refractivity contribution in [3.05, 3.63) is 62.9 Å². The van der Waals surface area contributed by atoms with Gasteiger partial charge in [0.1, 0.15) is 11.3 Å². The number of phenolic OH excluding ortho intramolecular Hbond substituents is 1. The van der Waals surface area contributed by atoms with Gasteiger partial charge < -0.3 is 10.4 Å². The Morgan fingerprint density at radius 1 is 1.31 bits per heavy atom. The number of rotatable bonds is 1. The van der Waals surface area contributed by atoms with Gasteiger partial charge in [0.25, 0.3) is 0 Å². The van der Waals surface area contributed by atoms with Gasteiger partial charge in [-0.25, -0.2) is 0 Å². The van der Waals surface area contributed by atoms with Crippen molar-refractivity contribution in [1.29, 1.82) is 0 Å². The van der Waals surface area contributed by atoms with E-state index in [0.29, 0.717) is 11.4 Å². The van der Waals surface area contributed by atoms with E-state index in [0.717, 1.165) is 32.3 Å². The fourth-order valence-electron chi connectivity index (χ4n) is 3.21. The Labute approximate surface area is 166 Å². The molecular formula is C21H21IN2O2. The number of hydrogen-bond donors (Lipinski definition) is 2. The highest BCUT2D eigenvalue weighted by Crippen LogP contribution is 2.40. The monoisotopic (exact) mass is 460 g/mol. The molecule has 1 aromatic heterocycles. The van der Waals surface area contributed by atoms with Crippen LogP contribution in [0, 0.1) is 10.5 Å². The van der Waals surface area contributed by atoms with Crippen LogP contribution in [-0.4, -0.2) is 22.4 Å². The number of hydrogen-bond acceptors (Lipinski definition) is 4. The van der Waals surface area contributed by atoms with E-state index in [1.807, 2.05) is 37.3 Å². The number of phenols is 1. The minimum absolute atomic E-state index is 0.137. The number of aromatic nitrogens is 1. The molecule has 1 unspecified atom stereocenters. The summed E-state index contributed by atoms with van der Waals surface area (Å²) in [6.45, 7) is 6.70. The molecule has 0 fully saturated rings. The molecule has 26 heavy (non-hydrogen) atoms. The molecule has 3 aromatic rings. The maximum Gasteiger partial charge on any atom is 0.160 e. The largest absolute Gasteiger partial charge is 0.506 e. The zero-order valence-electron chi connectivity index (χ0n) is 15.0. The second-order valence-corrected chi connectivity index (χ2v) is 7.74. The Morgan fingerprint density at radius 3 is 2.77 bits per heavy atom. The number of aromatic hydroxyl groups is 1. The molecule has 2 N–H and O–H groups in total. The quantitative estimate of drug-likeness (QED) is 0.384. The Kier molecular flexibility index (Phi) is 5.46. The number of aryl methyl sites for hydroxylation is 1. The summed E-state index contributed by atoms with van der Waals surface area (Å²) < 4.78 is 1.03. The molecule has 0 saturated heterocycles. The zero-order chi connectivity index (χ0) is 18.8. The molecule has 0 radical (unpaired) electrons. The van der Waals surface area contributed by atoms with Crippen molar-refractivity contribution in [2.24, 2.45) is 0 Å². The zero-order valence-corrected chi connectivity index (χ0v) is 17.2. The minimum Gasteiger partial charge on any atom is -0.506 e. The fourth-order valence-corrected chi connectivity index (χ4v) is 3.92. The maximum absolute atomic E-state index is 11.0. The number of nitrogens with one attached hydrogen (secondary N) is 1. The van der Waals surface area contributed by atoms with Gasteiger partial charge in [0, 0.05) is 44.9 Å². The third-order valence-electron chi connectivity index (χ3n) is 4.50. The summed E-state index contributed by atoms with van der Waals surface area (Å²) in [6, 6.07) is 11.6. The maximum atomic E-state index is 11.0. The fraction of sp³-hybridized carbons (Fsp3) is 0.238. The van der Waals surface area contributed by atoms with Crippen LogP contribution in [-0.2, 0) is 0 Å². The average molecular weight is 460 g/mol. The first-order valence-electron chi connectivity index (χ1n) is 8.50. The highest BCUT2D eigenvalue weighted by Gasteiger charge is 2.22. The van der Waals surface area contributed by atoms with Crippen molar-refractivity contribution in [3.63, 3.8) is 0 Å². The van der Waals surface area contributed by atoms with Crippen molar-refractivity contribution in [3.8, 4) is 5.75 Å². The lowest BCUT2D eigenvalue weighted by Gasteiger charge is -2.08. The molecule has 0 aliphatic carbocycles. The predicted molar refractivity (Wildman–Crippen MR) is 114 cm³/mol. The van der Waals surface area contributed by atoms with Gasteiger partial charge in [0.15, 0.2) is 5.78 Å². The van der Waals surface area contributed by atoms with Gasteiger partial charge in [0.05, 0.1) is 0 Å². The molecule has 0 bridgehead atoms. The highest BCUT2D eigenvalue weighted by atomic mass is 127. The van der Waals surface area contributed by atoms with E-state index in [1.54, 1.807) is 19.2 Å².